The van der Waals surface area contributed by atoms with Crippen LogP contribution in [0.25, 0.3) is 0 Å². The highest BCUT2D eigenvalue weighted by Crippen LogP contribution is 2.00. The van der Waals surface area contributed by atoms with Crippen LogP contribution < -0.4 is 0 Å². The monoisotopic (exact) mass is 222 g/mol. The lowest BCUT2D eigenvalue weighted by atomic mass is 10.2. The van der Waals surface area contributed by atoms with Crippen molar-refractivity contribution in [2.24, 2.45) is 5.10 Å². The Kier molecular flexibility index (Phi) is 2.68. The number of aromatic nitrogens is 3. The molecule has 0 aliphatic heterocycles. The highest BCUT2D eigenvalue weighted by atomic mass is 32.1. The zero-order chi connectivity index (χ0) is 10.7. The second-order valence-electron chi connectivity index (χ2n) is 2.80. The summed E-state index contributed by atoms with van der Waals surface area (Å²) in [6, 6.07) is 6.00. The van der Waals surface area contributed by atoms with Gasteiger partial charge in [0, 0.05) is 0 Å². The highest BCUT2D eigenvalue weighted by molar-refractivity contribution is 7.71. The Bertz CT molecular complexity index is 526. The number of rotatable bonds is 2. The van der Waals surface area contributed by atoms with E-state index >= 15 is 0 Å². The van der Waals surface area contributed by atoms with Crippen molar-refractivity contribution < 1.29 is 4.39 Å². The first-order valence-electron chi connectivity index (χ1n) is 4.17. The summed E-state index contributed by atoms with van der Waals surface area (Å²) in [5, 5.41) is 10.3. The molecule has 2 aromatic rings. The number of halogens is 1. The lowest BCUT2D eigenvalue weighted by Crippen LogP contribution is -1.89. The number of H-pyrrole nitrogens is 1. The molecule has 0 saturated carbocycles. The molecule has 0 spiro atoms. The predicted octanol–water partition coefficient (Wildman–Crippen LogP) is 1.96. The molecule has 4 nitrogen and oxygen atoms in total. The molecule has 0 fully saturated rings. The molecule has 0 unspecified atom stereocenters. The summed E-state index contributed by atoms with van der Waals surface area (Å²) in [7, 11) is 0. The second kappa shape index (κ2) is 4.14. The Balaban J connectivity index is 2.22. The van der Waals surface area contributed by atoms with Gasteiger partial charge in [-0.15, -0.1) is 0 Å². The normalized spacial score (nSPS) is 11.0. The van der Waals surface area contributed by atoms with E-state index in [1.165, 1.54) is 23.1 Å². The first-order valence-corrected chi connectivity index (χ1v) is 4.58. The first-order chi connectivity index (χ1) is 7.25. The summed E-state index contributed by atoms with van der Waals surface area (Å²) < 4.78 is 14.4. The van der Waals surface area contributed by atoms with Gasteiger partial charge in [-0.25, -0.2) is 4.39 Å². The van der Waals surface area contributed by atoms with Gasteiger partial charge in [-0.05, 0) is 29.9 Å². The number of hydrogen-bond acceptors (Lipinski definition) is 3. The Hall–Kier alpha value is -1.82. The third-order valence-corrected chi connectivity index (χ3v) is 2.01. The summed E-state index contributed by atoms with van der Waals surface area (Å²) in [6.45, 7) is 0. The molecule has 76 valence electrons. The number of aromatic amines is 1. The minimum absolute atomic E-state index is 0.271. The summed E-state index contributed by atoms with van der Waals surface area (Å²) >= 11 is 4.89. The molecule has 1 N–H and O–H groups in total. The molecule has 1 aromatic carbocycles. The van der Waals surface area contributed by atoms with Gasteiger partial charge in [0.1, 0.15) is 12.1 Å². The van der Waals surface area contributed by atoms with Gasteiger partial charge in [-0.3, -0.25) is 5.10 Å². The van der Waals surface area contributed by atoms with Crippen molar-refractivity contribution in [2.75, 3.05) is 0 Å². The molecule has 0 radical (unpaired) electrons. The lowest BCUT2D eigenvalue weighted by Gasteiger charge is -1.92. The minimum Gasteiger partial charge on any atom is -0.250 e. The quantitative estimate of drug-likeness (QED) is 0.623. The molecule has 1 heterocycles. The molecule has 2 rings (SSSR count). The zero-order valence-electron chi connectivity index (χ0n) is 7.59. The van der Waals surface area contributed by atoms with E-state index in [9.17, 15) is 4.39 Å². The Labute approximate surface area is 90.1 Å². The molecule has 0 aliphatic carbocycles. The molecular weight excluding hydrogens is 215 g/mol. The number of hydrogen-bond donors (Lipinski definition) is 1. The number of benzene rings is 1. The predicted molar refractivity (Wildman–Crippen MR) is 56.8 cm³/mol. The Morgan fingerprint density at radius 3 is 2.73 bits per heavy atom. The van der Waals surface area contributed by atoms with Crippen LogP contribution in [0.4, 0.5) is 4.39 Å². The van der Waals surface area contributed by atoms with Gasteiger partial charge in [0.05, 0.1) is 6.21 Å². The fraction of sp³-hybridized carbons (Fsp3) is 0. The van der Waals surface area contributed by atoms with Crippen LogP contribution >= 0.6 is 12.2 Å². The molecular formula is C9H7FN4S. The van der Waals surface area contributed by atoms with E-state index in [0.717, 1.165) is 5.56 Å². The Morgan fingerprint density at radius 1 is 1.40 bits per heavy atom. The van der Waals surface area contributed by atoms with Crippen molar-refractivity contribution in [1.29, 1.82) is 0 Å². The fourth-order valence-corrected chi connectivity index (χ4v) is 1.15. The van der Waals surface area contributed by atoms with Gasteiger partial charge >= 0.3 is 0 Å². The average molecular weight is 222 g/mol. The van der Waals surface area contributed by atoms with Crippen LogP contribution in [0.5, 0.6) is 0 Å². The third-order valence-electron chi connectivity index (χ3n) is 1.74. The smallest absolute Gasteiger partial charge is 0.216 e. The van der Waals surface area contributed by atoms with E-state index in [1.807, 2.05) is 0 Å². The van der Waals surface area contributed by atoms with Crippen molar-refractivity contribution in [1.82, 2.24) is 14.9 Å². The molecule has 0 bridgehead atoms. The minimum atomic E-state index is -0.271. The highest BCUT2D eigenvalue weighted by Gasteiger charge is 1.91. The van der Waals surface area contributed by atoms with Gasteiger partial charge in [-0.2, -0.15) is 14.9 Å². The van der Waals surface area contributed by atoms with Crippen LogP contribution in [0.1, 0.15) is 5.56 Å². The topological polar surface area (TPSA) is 46.0 Å². The van der Waals surface area contributed by atoms with Gasteiger partial charge < -0.3 is 0 Å². The van der Waals surface area contributed by atoms with E-state index in [1.54, 1.807) is 18.3 Å². The van der Waals surface area contributed by atoms with E-state index in [0.29, 0.717) is 4.77 Å². The van der Waals surface area contributed by atoms with Crippen LogP contribution in [0, 0.1) is 10.6 Å². The van der Waals surface area contributed by atoms with Crippen LogP contribution in [0.15, 0.2) is 35.7 Å². The van der Waals surface area contributed by atoms with Crippen molar-refractivity contribution >= 4 is 18.4 Å². The zero-order valence-corrected chi connectivity index (χ0v) is 8.41. The standard InChI is InChI=1S/C9H7FN4S/c10-8-3-1-7(2-4-8)5-12-14-6-11-13-9(14)15/h1-6H,(H,13,15)/b12-5-. The summed E-state index contributed by atoms with van der Waals surface area (Å²) in [5.41, 5.74) is 0.791. The molecule has 0 atom stereocenters. The summed E-state index contributed by atoms with van der Waals surface area (Å²) in [4.78, 5) is 0. The maximum absolute atomic E-state index is 12.6. The lowest BCUT2D eigenvalue weighted by molar-refractivity contribution is 0.628. The largest absolute Gasteiger partial charge is 0.250 e. The maximum atomic E-state index is 12.6. The molecule has 6 heteroatoms. The molecule has 0 aliphatic rings. The fourth-order valence-electron chi connectivity index (χ4n) is 1.00. The van der Waals surface area contributed by atoms with Crippen molar-refractivity contribution in [3.8, 4) is 0 Å². The van der Waals surface area contributed by atoms with Crippen molar-refractivity contribution in [3.05, 3.63) is 46.7 Å². The summed E-state index contributed by atoms with van der Waals surface area (Å²) in [6.07, 6.45) is 3.03. The molecule has 0 amide bonds. The van der Waals surface area contributed by atoms with Gasteiger partial charge in [0.2, 0.25) is 4.77 Å². The van der Waals surface area contributed by atoms with Crippen LogP contribution in [-0.2, 0) is 0 Å². The average Bonchev–Trinajstić information content (AvgIpc) is 2.63. The van der Waals surface area contributed by atoms with Crippen molar-refractivity contribution in [3.63, 3.8) is 0 Å². The van der Waals surface area contributed by atoms with Gasteiger partial charge in [0.25, 0.3) is 0 Å². The molecule has 15 heavy (non-hydrogen) atoms. The van der Waals surface area contributed by atoms with E-state index in [4.69, 9.17) is 12.2 Å². The van der Waals surface area contributed by atoms with Gasteiger partial charge in [-0.1, -0.05) is 12.1 Å². The van der Waals surface area contributed by atoms with Crippen LogP contribution in [0.2, 0.25) is 0 Å². The first kappa shape index (κ1) is 9.72. The van der Waals surface area contributed by atoms with E-state index in [2.05, 4.69) is 15.3 Å². The summed E-state index contributed by atoms with van der Waals surface area (Å²) in [5.74, 6) is -0.271. The third kappa shape index (κ3) is 2.35. The molecule has 1 aromatic heterocycles. The SMILES string of the molecule is Fc1ccc(/C=N\n2cn[nH]c2=S)cc1. The maximum Gasteiger partial charge on any atom is 0.216 e. The second-order valence-corrected chi connectivity index (χ2v) is 3.19. The number of nitrogens with zero attached hydrogens (tertiary/aromatic N) is 3. The molecule has 0 saturated heterocycles. The van der Waals surface area contributed by atoms with E-state index in [-0.39, 0.29) is 5.82 Å². The van der Waals surface area contributed by atoms with Crippen molar-refractivity contribution in [2.45, 2.75) is 0 Å². The number of nitrogens with one attached hydrogen (secondary N) is 1. The van der Waals surface area contributed by atoms with Crippen LogP contribution in [-0.4, -0.2) is 21.1 Å². The van der Waals surface area contributed by atoms with Crippen LogP contribution in [0.3, 0.4) is 0 Å². The van der Waals surface area contributed by atoms with E-state index < -0.39 is 0 Å². The Morgan fingerprint density at radius 2 is 2.13 bits per heavy atom. The van der Waals surface area contributed by atoms with Gasteiger partial charge in [0.15, 0.2) is 0 Å².